The summed E-state index contributed by atoms with van der Waals surface area (Å²) >= 11 is 0. The number of hydrogen-bond acceptors (Lipinski definition) is 27. The fourth-order valence-corrected chi connectivity index (χ4v) is 16.8. The quantitative estimate of drug-likeness (QED) is 0.0104. The van der Waals surface area contributed by atoms with E-state index in [0.717, 1.165) is 109 Å². The van der Waals surface area contributed by atoms with E-state index in [1.807, 2.05) is 109 Å². The van der Waals surface area contributed by atoms with Gasteiger partial charge in [-0.15, -0.1) is 6.42 Å². The van der Waals surface area contributed by atoms with Crippen LogP contribution in [0.25, 0.3) is 44.1 Å². The lowest BCUT2D eigenvalue weighted by molar-refractivity contribution is -0.131. The van der Waals surface area contributed by atoms with E-state index in [2.05, 4.69) is 70.9 Å². The Bertz CT molecular complexity index is 5080. The standard InChI is InChI=1S/C102H137N13O22/c1-5-37-108-101(2)35-42-114(43-36-101)78-32-40-115(41-33-78)99-110-88-30-27-76(86-71-113(3)98(121)94-84(86)31-39-104-94)68-85(88)95(112-99)102(137-79-28-29-79,77-20-10-7-11-21-77)73-135-74-107-92(117)69-105-97(120)90(67-75-18-8-6-9-19-75)109-93(118)70-106-96(119)89(111-100(122)136-72-87-82-24-14-12-22-80(82)81-23-13-15-25-83(81)87)26-16-17-38-103-91(116)34-44-124-47-48-126-51-52-128-55-56-130-59-60-132-63-64-134-66-65-133-62-61-131-58-57-129-54-53-127-50-49-125-46-45-123-4/h1,6-15,18-25,27,30-31,39,68,71,78-79,87,89-90,104,108H,16-17,26,28-29,32-38,40-67,69-70,72-74H2,2-4H3,(H,103,116)(H,105,120)(H,106,119)(H,107,117)(H,109,118)(H,111,122)/t89-,90-,102-/m0/s1. The van der Waals surface area contributed by atoms with Crippen molar-refractivity contribution in [3.05, 3.63) is 184 Å². The third-order valence-electron chi connectivity index (χ3n) is 24.5. The van der Waals surface area contributed by atoms with Crippen molar-refractivity contribution >= 4 is 63.4 Å². The number of terminal acetylenes is 1. The minimum absolute atomic E-state index is 0.000816. The number of nitrogens with one attached hydrogen (secondary N) is 8. The Kier molecular flexibility index (Phi) is 44.2. The van der Waals surface area contributed by atoms with Gasteiger partial charge in [0.15, 0.2) is 5.60 Å². The molecule has 0 bridgehead atoms. The number of rotatable bonds is 66. The minimum atomic E-state index is -1.38. The van der Waals surface area contributed by atoms with E-state index in [9.17, 15) is 33.6 Å². The minimum Gasteiger partial charge on any atom is -0.449 e. The number of likely N-dealkylation sites (tertiary alicyclic amines) is 1. The third kappa shape index (κ3) is 33.8. The number of methoxy groups -OCH3 is 1. The van der Waals surface area contributed by atoms with Crippen LogP contribution in [0.5, 0.6) is 0 Å². The number of ether oxygens (including phenoxy) is 15. The molecule has 8 aromatic rings. The maximum Gasteiger partial charge on any atom is 0.407 e. The number of fused-ring (bicyclic) bond motifs is 5. The molecule has 0 spiro atoms. The number of aromatic amines is 1. The molecule has 6 amide bonds. The first kappa shape index (κ1) is 105. The normalized spacial score (nSPS) is 15.2. The van der Waals surface area contributed by atoms with Crippen LogP contribution in [0.4, 0.5) is 10.7 Å². The van der Waals surface area contributed by atoms with Crippen molar-refractivity contribution < 1.29 is 99.8 Å². The summed E-state index contributed by atoms with van der Waals surface area (Å²) in [6.07, 6.45) is 14.7. The maximum atomic E-state index is 14.4. The maximum absolute atomic E-state index is 14.4. The van der Waals surface area contributed by atoms with E-state index >= 15 is 0 Å². The molecule has 0 unspecified atom stereocenters. The molecule has 2 aliphatic heterocycles. The largest absolute Gasteiger partial charge is 0.449 e. The van der Waals surface area contributed by atoms with Crippen molar-refractivity contribution in [1.82, 2.24) is 61.6 Å². The van der Waals surface area contributed by atoms with Crippen LogP contribution in [0.3, 0.4) is 0 Å². The third-order valence-corrected chi connectivity index (χ3v) is 24.5. The zero-order valence-electron chi connectivity index (χ0n) is 79.4. The smallest absolute Gasteiger partial charge is 0.407 e. The van der Waals surface area contributed by atoms with Crippen LogP contribution in [0.1, 0.15) is 105 Å². The molecule has 12 rings (SSSR count). The monoisotopic (exact) mass is 1900 g/mol. The van der Waals surface area contributed by atoms with Crippen molar-refractivity contribution in [3.63, 3.8) is 0 Å². The second kappa shape index (κ2) is 57.6. The van der Waals surface area contributed by atoms with Crippen LogP contribution in [0.2, 0.25) is 0 Å². The summed E-state index contributed by atoms with van der Waals surface area (Å²) in [5.41, 5.74) is 7.40. The lowest BCUT2D eigenvalue weighted by Gasteiger charge is -2.45. The highest BCUT2D eigenvalue weighted by Gasteiger charge is 2.46. The van der Waals surface area contributed by atoms with Crippen molar-refractivity contribution in [2.75, 3.05) is 236 Å². The molecule has 35 heteroatoms. The molecule has 137 heavy (non-hydrogen) atoms. The van der Waals surface area contributed by atoms with E-state index in [0.29, 0.717) is 198 Å². The van der Waals surface area contributed by atoms with Gasteiger partial charge in [0, 0.05) is 106 Å². The van der Waals surface area contributed by atoms with Crippen LogP contribution in [0, 0.1) is 12.3 Å². The SMILES string of the molecule is C#CCNC1(C)CCN(C2CCN(c3nc([C@@](COCNC(=O)CNC(=O)[C@H](Cc4ccccc4)NC(=O)CNC(=O)[C@H](CCCCNC(=O)CCOCCOCCOCCOCCOCCOCCOCCOCCOCCOCCOCCOC)NC(=O)OCC4c5ccccc5-c5ccccc54)(OC4CC4)c4ccccc4)c4cc(-c5cn(C)c(=O)c6[nH]ccc56)ccc4n3)CC2)CC1. The van der Waals surface area contributed by atoms with Crippen molar-refractivity contribution in [1.29, 1.82) is 0 Å². The fraction of sp³-hybridized carbons (Fsp3) is 0.539. The van der Waals surface area contributed by atoms with Gasteiger partial charge in [-0.3, -0.25) is 28.8 Å². The molecule has 8 N–H and O–H groups in total. The molecule has 5 heterocycles. The Morgan fingerprint density at radius 3 is 1.66 bits per heavy atom. The van der Waals surface area contributed by atoms with E-state index in [-0.39, 0.29) is 88.0 Å². The Morgan fingerprint density at radius 2 is 1.09 bits per heavy atom. The average Bonchev–Trinajstić information content (AvgIpc) is 1.62. The molecule has 4 aliphatic rings. The molecule has 2 aliphatic carbocycles. The molecule has 3 fully saturated rings. The van der Waals surface area contributed by atoms with E-state index in [1.165, 1.54) is 0 Å². The highest BCUT2D eigenvalue weighted by atomic mass is 16.6. The number of amides is 6. The number of carbonyl (C=O) groups is 6. The first-order chi connectivity index (χ1) is 67.1. The zero-order valence-corrected chi connectivity index (χ0v) is 79.4. The second-order valence-corrected chi connectivity index (χ2v) is 34.4. The van der Waals surface area contributed by atoms with Gasteiger partial charge in [-0.05, 0) is 122 Å². The number of carbonyl (C=O) groups excluding carboxylic acids is 6. The van der Waals surface area contributed by atoms with Crippen molar-refractivity contribution in [3.8, 4) is 34.6 Å². The predicted octanol–water partition coefficient (Wildman–Crippen LogP) is 7.41. The van der Waals surface area contributed by atoms with Crippen LogP contribution in [-0.2, 0) is 114 Å². The molecule has 742 valence electrons. The first-order valence-corrected chi connectivity index (χ1v) is 47.9. The molecule has 2 saturated heterocycles. The molecular weight excluding hydrogens is 1760 g/mol. The number of anilines is 1. The Labute approximate surface area is 801 Å². The second-order valence-electron chi connectivity index (χ2n) is 34.4. The van der Waals surface area contributed by atoms with E-state index in [4.69, 9.17) is 87.4 Å². The summed E-state index contributed by atoms with van der Waals surface area (Å²) in [6.45, 7) is 14.9. The van der Waals surface area contributed by atoms with Gasteiger partial charge in [0.2, 0.25) is 35.5 Å². The average molecular weight is 1900 g/mol. The van der Waals surface area contributed by atoms with E-state index in [1.54, 1.807) is 49.2 Å². The molecule has 3 aromatic heterocycles. The predicted molar refractivity (Wildman–Crippen MR) is 516 cm³/mol. The first-order valence-electron chi connectivity index (χ1n) is 47.9. The number of aromatic nitrogens is 4. The van der Waals surface area contributed by atoms with Gasteiger partial charge in [-0.2, -0.15) is 0 Å². The summed E-state index contributed by atoms with van der Waals surface area (Å²) < 4.78 is 87.2. The van der Waals surface area contributed by atoms with Gasteiger partial charge in [-0.25, -0.2) is 14.8 Å². The summed E-state index contributed by atoms with van der Waals surface area (Å²) in [6, 6.07) is 40.6. The van der Waals surface area contributed by atoms with Gasteiger partial charge >= 0.3 is 6.09 Å². The van der Waals surface area contributed by atoms with Gasteiger partial charge in [0.05, 0.1) is 196 Å². The Morgan fingerprint density at radius 1 is 0.555 bits per heavy atom. The number of nitrogens with zero attached hydrogens (tertiary/aromatic N) is 5. The van der Waals surface area contributed by atoms with Gasteiger partial charge in [0.1, 0.15) is 30.9 Å². The van der Waals surface area contributed by atoms with Crippen LogP contribution in [0.15, 0.2) is 151 Å². The number of benzene rings is 5. The molecule has 0 radical (unpaired) electrons. The molecular formula is C102H137N13O22. The van der Waals surface area contributed by atoms with Crippen molar-refractivity contribution in [2.45, 2.75) is 119 Å². The van der Waals surface area contributed by atoms with Crippen LogP contribution >= 0.6 is 0 Å². The number of hydrogen-bond donors (Lipinski definition) is 8. The molecule has 5 aromatic carbocycles. The molecule has 35 nitrogen and oxygen atoms in total. The number of aryl methyl sites for hydroxylation is 1. The molecule has 3 atom stereocenters. The highest BCUT2D eigenvalue weighted by Crippen LogP contribution is 2.46. The Balaban J connectivity index is 0.575. The summed E-state index contributed by atoms with van der Waals surface area (Å²) in [4.78, 5) is 116. The number of unbranched alkanes of at least 4 members (excludes halogenated alkanes) is 1. The number of alkyl carbamates (subject to hydrolysis) is 1. The lowest BCUT2D eigenvalue weighted by atomic mass is 9.87. The van der Waals surface area contributed by atoms with Crippen LogP contribution < -0.4 is 47.7 Å². The summed E-state index contributed by atoms with van der Waals surface area (Å²) in [5, 5.41) is 21.6. The fourth-order valence-electron chi connectivity index (χ4n) is 16.8. The van der Waals surface area contributed by atoms with Crippen molar-refractivity contribution in [2.24, 2.45) is 7.05 Å². The number of pyridine rings is 1. The Hall–Kier alpha value is -10.7. The lowest BCUT2D eigenvalue weighted by Crippen LogP contribution is -2.55. The zero-order chi connectivity index (χ0) is 95.9. The van der Waals surface area contributed by atoms with Gasteiger partial charge < -0.3 is 128 Å². The number of piperidine rings is 2. The highest BCUT2D eigenvalue weighted by molar-refractivity contribution is 5.98. The topological polar surface area (TPSA) is 395 Å². The van der Waals surface area contributed by atoms with Gasteiger partial charge in [0.25, 0.3) is 5.56 Å². The summed E-state index contributed by atoms with van der Waals surface area (Å²) in [7, 11) is 3.37. The molecule has 1 saturated carbocycles. The van der Waals surface area contributed by atoms with E-state index < -0.39 is 60.5 Å². The number of H-pyrrole nitrogens is 1. The van der Waals surface area contributed by atoms with Crippen LogP contribution in [-0.4, -0.2) is 321 Å². The summed E-state index contributed by atoms with van der Waals surface area (Å²) in [5.74, 6) is 0.103. The van der Waals surface area contributed by atoms with Gasteiger partial charge in [-0.1, -0.05) is 121 Å².